The summed E-state index contributed by atoms with van der Waals surface area (Å²) in [6.07, 6.45) is 10.6. The number of rotatable bonds is 7. The van der Waals surface area contributed by atoms with Gasteiger partial charge >= 0.3 is 0 Å². The number of aromatic amines is 1. The van der Waals surface area contributed by atoms with Crippen molar-refractivity contribution in [2.75, 3.05) is 11.9 Å². The molecule has 5 heterocycles. The molecule has 1 saturated heterocycles. The van der Waals surface area contributed by atoms with Crippen LogP contribution < -0.4 is 10.6 Å². The number of aromatic nitrogens is 4. The fraction of sp³-hybridized carbons (Fsp3) is 0.355. The van der Waals surface area contributed by atoms with Gasteiger partial charge in [0.2, 0.25) is 11.8 Å². The van der Waals surface area contributed by atoms with E-state index >= 15 is 0 Å². The summed E-state index contributed by atoms with van der Waals surface area (Å²) in [5.74, 6) is -1.02. The maximum atomic E-state index is 13.1. The molecule has 4 aromatic rings. The van der Waals surface area contributed by atoms with Gasteiger partial charge in [0.15, 0.2) is 0 Å². The molecule has 11 nitrogen and oxygen atoms in total. The molecule has 0 radical (unpaired) electrons. The number of fused-ring (bicyclic) bond motifs is 2. The van der Waals surface area contributed by atoms with Crippen molar-refractivity contribution in [3.8, 4) is 11.3 Å². The van der Waals surface area contributed by atoms with Crippen LogP contribution in [0.25, 0.3) is 22.2 Å². The Bertz CT molecular complexity index is 1800. The van der Waals surface area contributed by atoms with E-state index in [4.69, 9.17) is 10.1 Å². The van der Waals surface area contributed by atoms with Gasteiger partial charge in [0.1, 0.15) is 6.04 Å². The number of carbonyl (C=O) groups excluding carboxylic acids is 4. The first-order chi connectivity index (χ1) is 20.4. The summed E-state index contributed by atoms with van der Waals surface area (Å²) in [6.45, 7) is 0.740. The number of hydrogen-bond donors (Lipinski definition) is 3. The molecular formula is C31H29N7O4. The number of imide groups is 2. The molecular weight excluding hydrogens is 534 g/mol. The van der Waals surface area contributed by atoms with Crippen LogP contribution in [0.5, 0.6) is 0 Å². The van der Waals surface area contributed by atoms with E-state index in [9.17, 15) is 19.2 Å². The predicted octanol–water partition coefficient (Wildman–Crippen LogP) is 3.77. The summed E-state index contributed by atoms with van der Waals surface area (Å²) in [4.78, 5) is 58.8. The number of hydrogen-bond acceptors (Lipinski definition) is 7. The van der Waals surface area contributed by atoms with Gasteiger partial charge in [0.25, 0.3) is 11.8 Å². The molecule has 4 amide bonds. The summed E-state index contributed by atoms with van der Waals surface area (Å²) in [5, 5.41) is 11.8. The van der Waals surface area contributed by atoms with Crippen molar-refractivity contribution in [1.29, 1.82) is 0 Å². The highest BCUT2D eigenvalue weighted by molar-refractivity contribution is 6.23. The number of anilines is 1. The minimum absolute atomic E-state index is 0.0982. The van der Waals surface area contributed by atoms with Crippen LogP contribution in [-0.2, 0) is 9.59 Å². The average Bonchev–Trinajstić information content (AvgIpc) is 3.44. The van der Waals surface area contributed by atoms with Gasteiger partial charge in [-0.2, -0.15) is 5.10 Å². The highest BCUT2D eigenvalue weighted by atomic mass is 16.2. The maximum Gasteiger partial charge on any atom is 0.262 e. The predicted molar refractivity (Wildman–Crippen MR) is 153 cm³/mol. The second-order valence-electron chi connectivity index (χ2n) is 11.9. The summed E-state index contributed by atoms with van der Waals surface area (Å²) >= 11 is 0. The normalized spacial score (nSPS) is 23.7. The number of piperidine rings is 1. The van der Waals surface area contributed by atoms with E-state index in [2.05, 4.69) is 38.6 Å². The monoisotopic (exact) mass is 563 g/mol. The standard InChI is InChI=1S/C31H29N7O4/c39-27-6-5-26(29(40)35-27)38-30(41)21-4-3-19(12-22(21)31(38)42)33-13-16-9-20(10-16)37-15-23(28(36-37)17-1-2-17)24-11-18-7-8-32-25(18)14-34-24/h3-4,7-8,11-12,14-17,20,26,32-33H,1-2,5-6,9-10,13H2,(H,35,39,40)/t16-,20-,26?. The number of benzene rings is 1. The highest BCUT2D eigenvalue weighted by Gasteiger charge is 2.44. The molecule has 212 valence electrons. The lowest BCUT2D eigenvalue weighted by Gasteiger charge is -2.35. The zero-order chi connectivity index (χ0) is 28.5. The van der Waals surface area contributed by atoms with E-state index in [1.165, 1.54) is 12.8 Å². The number of amides is 4. The summed E-state index contributed by atoms with van der Waals surface area (Å²) < 4.78 is 2.13. The van der Waals surface area contributed by atoms with Gasteiger partial charge in [0, 0.05) is 47.9 Å². The van der Waals surface area contributed by atoms with Crippen molar-refractivity contribution in [1.82, 2.24) is 30.0 Å². The molecule has 42 heavy (non-hydrogen) atoms. The number of H-pyrrole nitrogens is 1. The number of nitrogens with zero attached hydrogens (tertiary/aromatic N) is 4. The lowest BCUT2D eigenvalue weighted by molar-refractivity contribution is -0.136. The van der Waals surface area contributed by atoms with E-state index in [0.29, 0.717) is 17.9 Å². The Morgan fingerprint density at radius 1 is 0.952 bits per heavy atom. The number of nitrogens with one attached hydrogen (secondary N) is 3. The van der Waals surface area contributed by atoms with Crippen molar-refractivity contribution in [2.24, 2.45) is 5.92 Å². The Labute approximate surface area is 240 Å². The molecule has 2 aliphatic heterocycles. The molecule has 3 aromatic heterocycles. The Kier molecular flexibility index (Phi) is 5.56. The zero-order valence-corrected chi connectivity index (χ0v) is 22.8. The largest absolute Gasteiger partial charge is 0.385 e. The molecule has 3 N–H and O–H groups in total. The van der Waals surface area contributed by atoms with Crippen LogP contribution in [0.4, 0.5) is 5.69 Å². The van der Waals surface area contributed by atoms with E-state index in [0.717, 1.165) is 57.8 Å². The third-order valence-electron chi connectivity index (χ3n) is 9.06. The Balaban J connectivity index is 0.921. The van der Waals surface area contributed by atoms with Gasteiger partial charge < -0.3 is 10.3 Å². The fourth-order valence-corrected chi connectivity index (χ4v) is 6.47. The third kappa shape index (κ3) is 4.10. The molecule has 1 unspecified atom stereocenters. The molecule has 1 aromatic carbocycles. The summed E-state index contributed by atoms with van der Waals surface area (Å²) in [6, 6.07) is 8.68. The minimum Gasteiger partial charge on any atom is -0.385 e. The van der Waals surface area contributed by atoms with Gasteiger partial charge in [-0.25, -0.2) is 0 Å². The molecule has 8 rings (SSSR count). The lowest BCUT2D eigenvalue weighted by atomic mass is 9.80. The first-order valence-corrected chi connectivity index (χ1v) is 14.5. The van der Waals surface area contributed by atoms with Gasteiger partial charge in [-0.1, -0.05) is 0 Å². The quantitative estimate of drug-likeness (QED) is 0.291. The van der Waals surface area contributed by atoms with Crippen molar-refractivity contribution in [2.45, 2.75) is 56.5 Å². The van der Waals surface area contributed by atoms with Gasteiger partial charge in [-0.15, -0.1) is 0 Å². The molecule has 11 heteroatoms. The van der Waals surface area contributed by atoms with Crippen molar-refractivity contribution in [3.05, 3.63) is 65.7 Å². The molecule has 0 spiro atoms. The van der Waals surface area contributed by atoms with Gasteiger partial charge in [-0.3, -0.25) is 39.1 Å². The fourth-order valence-electron chi connectivity index (χ4n) is 6.47. The minimum atomic E-state index is -0.964. The lowest BCUT2D eigenvalue weighted by Crippen LogP contribution is -2.54. The number of pyridine rings is 1. The van der Waals surface area contributed by atoms with E-state index in [1.807, 2.05) is 12.4 Å². The highest BCUT2D eigenvalue weighted by Crippen LogP contribution is 2.45. The number of carbonyl (C=O) groups is 4. The van der Waals surface area contributed by atoms with E-state index in [1.54, 1.807) is 18.2 Å². The zero-order valence-electron chi connectivity index (χ0n) is 22.8. The van der Waals surface area contributed by atoms with Crippen LogP contribution in [0.1, 0.15) is 76.9 Å². The summed E-state index contributed by atoms with van der Waals surface area (Å²) in [5.41, 5.74) is 5.60. The van der Waals surface area contributed by atoms with Crippen molar-refractivity contribution < 1.29 is 19.2 Å². The molecule has 2 aliphatic carbocycles. The Morgan fingerprint density at radius 2 is 1.79 bits per heavy atom. The van der Waals surface area contributed by atoms with Crippen LogP contribution >= 0.6 is 0 Å². The summed E-state index contributed by atoms with van der Waals surface area (Å²) in [7, 11) is 0. The Morgan fingerprint density at radius 3 is 2.60 bits per heavy atom. The molecule has 1 atom stereocenters. The van der Waals surface area contributed by atoms with Crippen LogP contribution in [0.3, 0.4) is 0 Å². The van der Waals surface area contributed by atoms with Crippen molar-refractivity contribution >= 4 is 40.2 Å². The van der Waals surface area contributed by atoms with Crippen LogP contribution in [0, 0.1) is 5.92 Å². The SMILES string of the molecule is O=C1CCC(N2C(=O)c3ccc(NC[C@H]4C[C@H](n5cc(-c6cc7cc[nH]c7cn6)c(C6CC6)n5)C4)cc3C2=O)C(=O)N1. The molecule has 2 saturated carbocycles. The van der Waals surface area contributed by atoms with E-state index in [-0.39, 0.29) is 29.9 Å². The molecule has 0 bridgehead atoms. The third-order valence-corrected chi connectivity index (χ3v) is 9.06. The first-order valence-electron chi connectivity index (χ1n) is 14.5. The van der Waals surface area contributed by atoms with Gasteiger partial charge in [-0.05, 0) is 68.4 Å². The topological polar surface area (TPSA) is 142 Å². The molecule has 3 fully saturated rings. The van der Waals surface area contributed by atoms with Gasteiger partial charge in [0.05, 0.1) is 40.3 Å². The molecule has 4 aliphatic rings. The second-order valence-corrected chi connectivity index (χ2v) is 11.9. The van der Waals surface area contributed by atoms with E-state index < -0.39 is 23.8 Å². The van der Waals surface area contributed by atoms with Crippen molar-refractivity contribution in [3.63, 3.8) is 0 Å². The van der Waals surface area contributed by atoms with Crippen LogP contribution in [-0.4, -0.2) is 60.9 Å². The smallest absolute Gasteiger partial charge is 0.262 e. The first kappa shape index (κ1) is 25.0. The maximum absolute atomic E-state index is 13.1. The Hall–Kier alpha value is -4.80. The average molecular weight is 564 g/mol. The van der Waals surface area contributed by atoms with Crippen LogP contribution in [0.2, 0.25) is 0 Å². The second kappa shape index (κ2) is 9.37. The van der Waals surface area contributed by atoms with Crippen LogP contribution in [0.15, 0.2) is 48.9 Å².